The van der Waals surface area contributed by atoms with E-state index in [0.717, 1.165) is 36.8 Å². The van der Waals surface area contributed by atoms with Gasteiger partial charge in [0.15, 0.2) is 5.82 Å². The third-order valence-electron chi connectivity index (χ3n) is 5.35. The molecule has 1 aromatic rings. The first-order valence-corrected chi connectivity index (χ1v) is 11.8. The van der Waals surface area contributed by atoms with Crippen LogP contribution in [0.25, 0.3) is 11.4 Å². The van der Waals surface area contributed by atoms with Gasteiger partial charge in [-0.1, -0.05) is 31.9 Å². The van der Waals surface area contributed by atoms with E-state index in [0.29, 0.717) is 35.4 Å². The highest BCUT2D eigenvalue weighted by molar-refractivity contribution is 7.92. The van der Waals surface area contributed by atoms with Crippen LogP contribution in [0.15, 0.2) is 29.1 Å². The molecule has 0 saturated heterocycles. The van der Waals surface area contributed by atoms with Crippen molar-refractivity contribution in [2.75, 3.05) is 11.0 Å². The molecule has 0 aromatic heterocycles. The van der Waals surface area contributed by atoms with Crippen molar-refractivity contribution in [3.63, 3.8) is 0 Å². The fraction of sp³-hybridized carbons (Fsp3) is 0.450. The second-order valence-electron chi connectivity index (χ2n) is 7.64. The topological polar surface area (TPSA) is 110 Å². The zero-order valence-corrected chi connectivity index (χ0v) is 17.4. The number of fused-ring (bicyclic) bond motifs is 1. The molecule has 3 aliphatic rings. The largest absolute Gasteiger partial charge is 0.300 e. The van der Waals surface area contributed by atoms with Gasteiger partial charge in [0, 0.05) is 17.8 Å². The average Bonchev–Trinajstić information content (AvgIpc) is 3.29. The molecule has 2 N–H and O–H groups in total. The predicted molar refractivity (Wildman–Crippen MR) is 112 cm³/mol. The molecule has 1 aromatic carbocycles. The molecule has 0 atom stereocenters. The molecule has 0 unspecified atom stereocenters. The minimum atomic E-state index is -3.31. The Hall–Kier alpha value is -2.68. The minimum absolute atomic E-state index is 0.245. The van der Waals surface area contributed by atoms with Crippen molar-refractivity contribution in [1.82, 2.24) is 19.7 Å². The molecule has 0 bridgehead atoms. The number of aromatic amines is 1. The van der Waals surface area contributed by atoms with E-state index < -0.39 is 10.0 Å². The van der Waals surface area contributed by atoms with Crippen molar-refractivity contribution in [3.8, 4) is 11.4 Å². The first-order chi connectivity index (χ1) is 13.8. The lowest BCUT2D eigenvalue weighted by Gasteiger charge is -2.14. The second kappa shape index (κ2) is 7.62. The van der Waals surface area contributed by atoms with Gasteiger partial charge in [0.2, 0.25) is 10.0 Å². The van der Waals surface area contributed by atoms with E-state index in [4.69, 9.17) is 4.98 Å². The Bertz CT molecular complexity index is 1140. The van der Waals surface area contributed by atoms with Crippen LogP contribution in [0.1, 0.15) is 55.7 Å². The Morgan fingerprint density at radius 1 is 1.17 bits per heavy atom. The van der Waals surface area contributed by atoms with Crippen LogP contribution in [0, 0.1) is 0 Å². The zero-order valence-electron chi connectivity index (χ0n) is 16.6. The highest BCUT2D eigenvalue weighted by atomic mass is 32.2. The smallest absolute Gasteiger partial charge is 0.284 e. The molecular weight excluding hydrogens is 390 g/mol. The summed E-state index contributed by atoms with van der Waals surface area (Å²) in [7, 11) is -3.31. The molecule has 0 radical (unpaired) electrons. The van der Waals surface area contributed by atoms with Gasteiger partial charge in [0.1, 0.15) is 11.4 Å². The molecule has 29 heavy (non-hydrogen) atoms. The number of anilines is 1. The first-order valence-electron chi connectivity index (χ1n) is 9.91. The van der Waals surface area contributed by atoms with Gasteiger partial charge >= 0.3 is 0 Å². The van der Waals surface area contributed by atoms with Gasteiger partial charge in [-0.15, -0.1) is 0 Å². The molecular formula is C20H25N5O3S. The van der Waals surface area contributed by atoms with Crippen LogP contribution in [0.5, 0.6) is 0 Å². The number of aromatic nitrogens is 4. The van der Waals surface area contributed by atoms with Crippen molar-refractivity contribution < 1.29 is 8.42 Å². The number of hydrogen-bond donors (Lipinski definition) is 2. The van der Waals surface area contributed by atoms with Gasteiger partial charge in [-0.05, 0) is 37.0 Å². The van der Waals surface area contributed by atoms with Gasteiger partial charge in [0.25, 0.3) is 5.56 Å². The van der Waals surface area contributed by atoms with Crippen LogP contribution in [-0.2, 0) is 22.9 Å². The molecule has 2 heterocycles. The van der Waals surface area contributed by atoms with Gasteiger partial charge in [-0.3, -0.25) is 19.3 Å². The summed E-state index contributed by atoms with van der Waals surface area (Å²) in [6.07, 6.45) is 6.80. The molecule has 9 heteroatoms. The maximum absolute atomic E-state index is 12.7. The molecule has 4 rings (SSSR count). The molecule has 1 aliphatic carbocycles. The summed E-state index contributed by atoms with van der Waals surface area (Å²) in [5, 5.41) is 3.39. The van der Waals surface area contributed by atoms with Crippen molar-refractivity contribution >= 4 is 15.7 Å². The maximum atomic E-state index is 12.7. The number of hydrogen-bond acceptors (Lipinski definition) is 5. The molecule has 0 amide bonds. The van der Waals surface area contributed by atoms with Crippen LogP contribution >= 0.6 is 0 Å². The van der Waals surface area contributed by atoms with Crippen molar-refractivity contribution in [2.45, 2.75) is 51.5 Å². The van der Waals surface area contributed by atoms with E-state index in [1.165, 1.54) is 12.8 Å². The van der Waals surface area contributed by atoms with E-state index in [-0.39, 0.29) is 5.56 Å². The molecule has 1 fully saturated rings. The van der Waals surface area contributed by atoms with Gasteiger partial charge in [0.05, 0.1) is 12.3 Å². The molecule has 1 saturated carbocycles. The average molecular weight is 416 g/mol. The third-order valence-corrected chi connectivity index (χ3v) is 5.96. The normalized spacial score (nSPS) is 15.2. The highest BCUT2D eigenvalue weighted by Gasteiger charge is 2.27. The lowest BCUT2D eigenvalue weighted by atomic mass is 10.1. The van der Waals surface area contributed by atoms with Crippen LogP contribution < -0.4 is 10.3 Å². The Morgan fingerprint density at radius 2 is 1.86 bits per heavy atom. The minimum Gasteiger partial charge on any atom is -0.300 e. The summed E-state index contributed by atoms with van der Waals surface area (Å²) < 4.78 is 27.2. The van der Waals surface area contributed by atoms with Crippen molar-refractivity contribution in [2.24, 2.45) is 0 Å². The number of benzene rings is 1. The molecule has 2 aliphatic heterocycles. The lowest BCUT2D eigenvalue weighted by molar-refractivity contribution is 0.464. The quantitative estimate of drug-likeness (QED) is 0.643. The van der Waals surface area contributed by atoms with E-state index in [9.17, 15) is 13.2 Å². The summed E-state index contributed by atoms with van der Waals surface area (Å²) in [6, 6.07) is 7.35. The highest BCUT2D eigenvalue weighted by Crippen LogP contribution is 2.33. The predicted octanol–water partition coefficient (Wildman–Crippen LogP) is 2.71. The number of nitrogens with zero attached hydrogens (tertiary/aromatic N) is 3. The van der Waals surface area contributed by atoms with Crippen LogP contribution in [0.2, 0.25) is 0 Å². The number of aryl methyl sites for hydroxylation is 1. The zero-order chi connectivity index (χ0) is 20.6. The van der Waals surface area contributed by atoms with Crippen LogP contribution in [-0.4, -0.2) is 34.4 Å². The fourth-order valence-corrected chi connectivity index (χ4v) is 4.58. The van der Waals surface area contributed by atoms with Crippen molar-refractivity contribution in [3.05, 3.63) is 51.7 Å². The third kappa shape index (κ3) is 4.19. The van der Waals surface area contributed by atoms with Crippen molar-refractivity contribution in [1.29, 1.82) is 0 Å². The Morgan fingerprint density at radius 3 is 2.48 bits per heavy atom. The second-order valence-corrected chi connectivity index (χ2v) is 9.39. The SMILES string of the molecule is CCc1[nH]n(C2CCCC2)c2nc(Cc3ccc(NS(C)(=O)=O)cc3)nc(=O)c1-2. The number of H-pyrrole nitrogens is 1. The summed E-state index contributed by atoms with van der Waals surface area (Å²) in [5.74, 6) is 1.17. The Labute approximate surface area is 169 Å². The number of nitrogens with one attached hydrogen (secondary N) is 2. The first kappa shape index (κ1) is 19.6. The molecule has 0 spiro atoms. The van der Waals surface area contributed by atoms with Gasteiger partial charge in [-0.2, -0.15) is 4.98 Å². The van der Waals surface area contributed by atoms with E-state index in [2.05, 4.69) is 19.5 Å². The summed E-state index contributed by atoms with van der Waals surface area (Å²) in [6.45, 7) is 2.02. The summed E-state index contributed by atoms with van der Waals surface area (Å²) in [5.41, 5.74) is 2.64. The van der Waals surface area contributed by atoms with E-state index in [1.54, 1.807) is 12.1 Å². The molecule has 154 valence electrons. The van der Waals surface area contributed by atoms with Crippen LogP contribution in [0.3, 0.4) is 0 Å². The summed E-state index contributed by atoms with van der Waals surface area (Å²) >= 11 is 0. The summed E-state index contributed by atoms with van der Waals surface area (Å²) in [4.78, 5) is 21.7. The molecule has 8 nitrogen and oxygen atoms in total. The van der Waals surface area contributed by atoms with Gasteiger partial charge in [-0.25, -0.2) is 13.4 Å². The van der Waals surface area contributed by atoms with E-state index in [1.807, 2.05) is 19.1 Å². The number of rotatable bonds is 6. The Balaban J connectivity index is 1.66. The van der Waals surface area contributed by atoms with Gasteiger partial charge < -0.3 is 0 Å². The number of sulfonamides is 1. The van der Waals surface area contributed by atoms with E-state index >= 15 is 0 Å². The fourth-order valence-electron chi connectivity index (χ4n) is 4.01. The maximum Gasteiger partial charge on any atom is 0.284 e. The van der Waals surface area contributed by atoms with Crippen LogP contribution in [0.4, 0.5) is 5.69 Å². The monoisotopic (exact) mass is 415 g/mol. The standard InChI is InChI=1S/C20H25N5O3S/c1-3-16-18-19(25(23-16)15-6-4-5-7-15)21-17(22-20(18)26)12-13-8-10-14(11-9-13)24-29(2,27)28/h8-11,15,23-24H,3-7,12H2,1-2H3. The lowest BCUT2D eigenvalue weighted by Crippen LogP contribution is -2.18. The Kier molecular flexibility index (Phi) is 5.16.